The van der Waals surface area contributed by atoms with Gasteiger partial charge in [-0.05, 0) is 6.07 Å². The Morgan fingerprint density at radius 1 is 1.06 bits per heavy atom. The molecule has 90 valence electrons. The smallest absolute Gasteiger partial charge is 0.205 e. The molecule has 0 N–H and O–H groups in total. The van der Waals surface area contributed by atoms with Gasteiger partial charge in [-0.1, -0.05) is 81.2 Å². The van der Waals surface area contributed by atoms with Crippen LogP contribution in [-0.2, 0) is 3.79 Å². The third-order valence-corrected chi connectivity index (χ3v) is 3.55. The highest BCUT2D eigenvalue weighted by molar-refractivity contribution is 6.67. The highest BCUT2D eigenvalue weighted by Crippen LogP contribution is 2.47. The number of rotatable bonds is 1. The van der Waals surface area contributed by atoms with Crippen LogP contribution in [0.5, 0.6) is 0 Å². The predicted octanol–water partition coefficient (Wildman–Crippen LogP) is 6.44. The molecular weight excluding hydrogens is 363 g/mol. The number of hydrogen-bond acceptors (Lipinski definition) is 0. The van der Waals surface area contributed by atoms with Crippen LogP contribution in [0.4, 0.5) is 4.39 Å². The highest BCUT2D eigenvalue weighted by Gasteiger charge is 2.31. The second kappa shape index (κ2) is 5.44. The van der Waals surface area contributed by atoms with Crippen molar-refractivity contribution in [2.24, 2.45) is 0 Å². The van der Waals surface area contributed by atoms with Gasteiger partial charge in [-0.2, -0.15) is 0 Å². The highest BCUT2D eigenvalue weighted by atomic mass is 35.6. The Balaban J connectivity index is 3.57. The quantitative estimate of drug-likeness (QED) is 0.397. The summed E-state index contributed by atoms with van der Waals surface area (Å²) in [6.45, 7) is 0. The van der Waals surface area contributed by atoms with Crippen LogP contribution in [0.1, 0.15) is 16.0 Å². The van der Waals surface area contributed by atoms with Crippen LogP contribution in [0.25, 0.3) is 0 Å². The standard InChI is InChI=1S/C8H2Cl7F/c9-5-2(8(13,14)15)1-3(16)6(10)4(5)7(11)12/h1,7H. The predicted molar refractivity (Wildman–Crippen MR) is 70.1 cm³/mol. The van der Waals surface area contributed by atoms with Gasteiger partial charge in [-0.25, -0.2) is 4.39 Å². The molecule has 1 aromatic carbocycles. The summed E-state index contributed by atoms with van der Waals surface area (Å²) in [5.41, 5.74) is -0.0876. The van der Waals surface area contributed by atoms with Gasteiger partial charge in [-0.3, -0.25) is 0 Å². The van der Waals surface area contributed by atoms with Crippen LogP contribution in [0.3, 0.4) is 0 Å². The van der Waals surface area contributed by atoms with E-state index in [4.69, 9.17) is 81.2 Å². The van der Waals surface area contributed by atoms with Crippen LogP contribution in [-0.4, -0.2) is 0 Å². The van der Waals surface area contributed by atoms with Gasteiger partial charge in [0.15, 0.2) is 0 Å². The van der Waals surface area contributed by atoms with Gasteiger partial charge >= 0.3 is 0 Å². The van der Waals surface area contributed by atoms with E-state index in [9.17, 15) is 4.39 Å². The molecule has 0 heterocycles. The fourth-order valence-electron chi connectivity index (χ4n) is 1.02. The molecule has 1 aromatic rings. The molecule has 0 nitrogen and oxygen atoms in total. The number of hydrogen-bond donors (Lipinski definition) is 0. The summed E-state index contributed by atoms with van der Waals surface area (Å²) >= 11 is 39.6. The molecule has 0 spiro atoms. The van der Waals surface area contributed by atoms with E-state index in [-0.39, 0.29) is 21.2 Å². The first-order valence-corrected chi connectivity index (χ1v) is 6.45. The summed E-state index contributed by atoms with van der Waals surface area (Å²) in [5, 5.41) is -0.362. The lowest BCUT2D eigenvalue weighted by Gasteiger charge is -2.18. The number of benzene rings is 1. The van der Waals surface area contributed by atoms with Gasteiger partial charge in [-0.15, -0.1) is 0 Å². The maximum absolute atomic E-state index is 13.4. The van der Waals surface area contributed by atoms with Crippen molar-refractivity contribution in [1.82, 2.24) is 0 Å². The van der Waals surface area contributed by atoms with Gasteiger partial charge < -0.3 is 0 Å². The first kappa shape index (κ1) is 15.2. The second-order valence-electron chi connectivity index (χ2n) is 2.75. The zero-order valence-electron chi connectivity index (χ0n) is 7.18. The van der Waals surface area contributed by atoms with Crippen molar-refractivity contribution >= 4 is 81.2 Å². The average molecular weight is 365 g/mol. The van der Waals surface area contributed by atoms with Crippen molar-refractivity contribution in [2.45, 2.75) is 8.63 Å². The van der Waals surface area contributed by atoms with E-state index in [0.29, 0.717) is 0 Å². The van der Waals surface area contributed by atoms with E-state index >= 15 is 0 Å². The summed E-state index contributed by atoms with van der Waals surface area (Å²) in [6.07, 6.45) is 0. The van der Waals surface area contributed by atoms with Crippen molar-refractivity contribution in [1.29, 1.82) is 0 Å². The van der Waals surface area contributed by atoms with Crippen molar-refractivity contribution < 1.29 is 4.39 Å². The van der Waals surface area contributed by atoms with Gasteiger partial charge in [0.2, 0.25) is 3.79 Å². The summed E-state index contributed by atoms with van der Waals surface area (Å²) < 4.78 is 11.5. The molecule has 1 rings (SSSR count). The molecule has 0 saturated carbocycles. The Morgan fingerprint density at radius 2 is 1.56 bits per heavy atom. The maximum Gasteiger partial charge on any atom is 0.217 e. The van der Waals surface area contributed by atoms with E-state index in [2.05, 4.69) is 0 Å². The summed E-state index contributed by atoms with van der Waals surface area (Å²) in [7, 11) is 0. The van der Waals surface area contributed by atoms with Crippen LogP contribution in [0.15, 0.2) is 6.07 Å². The largest absolute Gasteiger partial charge is 0.217 e. The minimum absolute atomic E-state index is 0.0204. The molecular formula is C8H2Cl7F. The Morgan fingerprint density at radius 3 is 1.94 bits per heavy atom. The molecule has 0 radical (unpaired) electrons. The van der Waals surface area contributed by atoms with Gasteiger partial charge in [0, 0.05) is 11.1 Å². The van der Waals surface area contributed by atoms with Crippen LogP contribution in [0, 0.1) is 5.82 Å². The Hall–Kier alpha value is 1.18. The molecule has 0 aliphatic heterocycles. The van der Waals surface area contributed by atoms with E-state index < -0.39 is 14.4 Å². The first-order valence-electron chi connectivity index (χ1n) is 3.69. The molecule has 0 amide bonds. The molecule has 0 saturated heterocycles. The fraction of sp³-hybridized carbons (Fsp3) is 0.250. The molecule has 0 aromatic heterocycles. The lowest BCUT2D eigenvalue weighted by Crippen LogP contribution is -2.05. The normalized spacial score (nSPS) is 12.3. The minimum Gasteiger partial charge on any atom is -0.205 e. The van der Waals surface area contributed by atoms with E-state index in [1.807, 2.05) is 0 Å². The van der Waals surface area contributed by atoms with Crippen molar-refractivity contribution in [3.05, 3.63) is 33.1 Å². The molecule has 8 heteroatoms. The third kappa shape index (κ3) is 3.14. The van der Waals surface area contributed by atoms with E-state index in [1.54, 1.807) is 0 Å². The SMILES string of the molecule is Fc1cc(C(Cl)(Cl)Cl)c(Cl)c(C(Cl)Cl)c1Cl. The lowest BCUT2D eigenvalue weighted by molar-refractivity contribution is 0.624. The lowest BCUT2D eigenvalue weighted by atomic mass is 10.1. The third-order valence-electron chi connectivity index (χ3n) is 1.71. The Labute approximate surface area is 126 Å². The molecule has 0 aliphatic rings. The summed E-state index contributed by atoms with van der Waals surface area (Å²) in [4.78, 5) is -1.12. The van der Waals surface area contributed by atoms with Crippen LogP contribution < -0.4 is 0 Å². The number of halogens is 8. The zero-order valence-corrected chi connectivity index (χ0v) is 12.5. The Bertz CT molecular complexity index is 410. The maximum atomic E-state index is 13.4. The minimum atomic E-state index is -1.89. The van der Waals surface area contributed by atoms with Crippen LogP contribution in [0.2, 0.25) is 10.0 Å². The molecule has 0 bridgehead atoms. The Kier molecular flexibility index (Phi) is 5.18. The van der Waals surface area contributed by atoms with Crippen molar-refractivity contribution in [3.8, 4) is 0 Å². The summed E-state index contributed by atoms with van der Waals surface area (Å²) in [6, 6.07) is 0.928. The first-order chi connectivity index (χ1) is 7.16. The van der Waals surface area contributed by atoms with Crippen molar-refractivity contribution in [2.75, 3.05) is 0 Å². The van der Waals surface area contributed by atoms with E-state index in [0.717, 1.165) is 6.07 Å². The second-order valence-corrected chi connectivity index (χ2v) is 6.88. The van der Waals surface area contributed by atoms with Crippen LogP contribution >= 0.6 is 81.2 Å². The van der Waals surface area contributed by atoms with Crippen molar-refractivity contribution in [3.63, 3.8) is 0 Å². The molecule has 0 fully saturated rings. The molecule has 0 aliphatic carbocycles. The molecule has 0 unspecified atom stereocenters. The monoisotopic (exact) mass is 362 g/mol. The zero-order chi connectivity index (χ0) is 12.7. The summed E-state index contributed by atoms with van der Waals surface area (Å²) in [5.74, 6) is -0.811. The molecule has 0 atom stereocenters. The number of alkyl halides is 5. The van der Waals surface area contributed by atoms with Gasteiger partial charge in [0.05, 0.1) is 10.0 Å². The molecule has 16 heavy (non-hydrogen) atoms. The van der Waals surface area contributed by atoms with E-state index in [1.165, 1.54) is 0 Å². The van der Waals surface area contributed by atoms with Gasteiger partial charge in [0.1, 0.15) is 10.7 Å². The fourth-order valence-corrected chi connectivity index (χ4v) is 2.98. The topological polar surface area (TPSA) is 0 Å². The average Bonchev–Trinajstić information content (AvgIpc) is 2.09. The van der Waals surface area contributed by atoms with Gasteiger partial charge in [0.25, 0.3) is 0 Å².